The maximum atomic E-state index is 9.50. The Labute approximate surface area is 77.8 Å². The molecule has 0 fully saturated rings. The summed E-state index contributed by atoms with van der Waals surface area (Å²) in [7, 11) is 0. The van der Waals surface area contributed by atoms with Crippen LogP contribution in [0, 0.1) is 13.8 Å². The number of aliphatic hydroxyl groups is 1. The van der Waals surface area contributed by atoms with Gasteiger partial charge in [0.25, 0.3) is 0 Å². The van der Waals surface area contributed by atoms with E-state index in [0.29, 0.717) is 5.56 Å². The fraction of sp³-hybridized carbons (Fsp3) is 0.400. The topological polar surface area (TPSA) is 66.5 Å². The van der Waals surface area contributed by atoms with Gasteiger partial charge >= 0.3 is 0 Å². The predicted molar refractivity (Wildman–Crippen MR) is 51.6 cm³/mol. The first-order chi connectivity index (χ1) is 6.06. The molecule has 1 rings (SSSR count). The first-order valence-electron chi connectivity index (χ1n) is 4.24. The van der Waals surface area contributed by atoms with Crippen LogP contribution >= 0.6 is 0 Å². The lowest BCUT2D eigenvalue weighted by Gasteiger charge is -2.12. The van der Waals surface area contributed by atoms with Gasteiger partial charge in [-0.25, -0.2) is 0 Å². The first-order valence-corrected chi connectivity index (χ1v) is 4.24. The minimum absolute atomic E-state index is 0.112. The molecule has 1 aromatic carbocycles. The number of phenols is 1. The van der Waals surface area contributed by atoms with Gasteiger partial charge in [0.15, 0.2) is 0 Å². The molecule has 0 heterocycles. The molecular formula is C10H15NO2. The SMILES string of the molecule is Cc1cc(O)c([C@@H](O)CN)cc1C. The van der Waals surface area contributed by atoms with Gasteiger partial charge in [0.05, 0.1) is 6.10 Å². The number of phenolic OH excluding ortho intramolecular Hbond substituents is 1. The molecule has 0 aliphatic rings. The second-order valence-electron chi connectivity index (χ2n) is 3.25. The summed E-state index contributed by atoms with van der Waals surface area (Å²) >= 11 is 0. The highest BCUT2D eigenvalue weighted by Crippen LogP contribution is 2.26. The average molecular weight is 181 g/mol. The van der Waals surface area contributed by atoms with Crippen molar-refractivity contribution in [2.45, 2.75) is 20.0 Å². The van der Waals surface area contributed by atoms with Crippen LogP contribution in [-0.2, 0) is 0 Å². The predicted octanol–water partition coefficient (Wildman–Crippen LogP) is 1.00. The van der Waals surface area contributed by atoms with E-state index in [1.54, 1.807) is 12.1 Å². The zero-order valence-electron chi connectivity index (χ0n) is 7.91. The molecule has 0 saturated carbocycles. The summed E-state index contributed by atoms with van der Waals surface area (Å²) in [6.45, 7) is 3.96. The highest BCUT2D eigenvalue weighted by Gasteiger charge is 2.11. The second kappa shape index (κ2) is 3.77. The Hall–Kier alpha value is -1.06. The van der Waals surface area contributed by atoms with Crippen LogP contribution in [0.15, 0.2) is 12.1 Å². The number of rotatable bonds is 2. The standard InChI is InChI=1S/C10H15NO2/c1-6-3-8(10(13)5-11)9(12)4-7(6)2/h3-4,10,12-13H,5,11H2,1-2H3/t10-/m0/s1. The Morgan fingerprint density at radius 1 is 1.31 bits per heavy atom. The minimum Gasteiger partial charge on any atom is -0.508 e. The summed E-state index contributed by atoms with van der Waals surface area (Å²) in [6.07, 6.45) is -0.778. The van der Waals surface area contributed by atoms with Gasteiger partial charge in [-0.1, -0.05) is 0 Å². The van der Waals surface area contributed by atoms with Gasteiger partial charge in [-0.2, -0.15) is 0 Å². The maximum Gasteiger partial charge on any atom is 0.121 e. The van der Waals surface area contributed by atoms with Gasteiger partial charge in [0.1, 0.15) is 5.75 Å². The van der Waals surface area contributed by atoms with Crippen molar-refractivity contribution < 1.29 is 10.2 Å². The number of aliphatic hydroxyl groups excluding tert-OH is 1. The van der Waals surface area contributed by atoms with Gasteiger partial charge in [-0.15, -0.1) is 0 Å². The van der Waals surface area contributed by atoms with Crippen LogP contribution in [0.3, 0.4) is 0 Å². The molecule has 72 valence electrons. The highest BCUT2D eigenvalue weighted by molar-refractivity contribution is 5.42. The number of aryl methyl sites for hydroxylation is 2. The number of aromatic hydroxyl groups is 1. The quantitative estimate of drug-likeness (QED) is 0.637. The summed E-state index contributed by atoms with van der Waals surface area (Å²) in [5.74, 6) is 0.112. The normalized spacial score (nSPS) is 12.9. The van der Waals surface area contributed by atoms with Gasteiger partial charge < -0.3 is 15.9 Å². The summed E-state index contributed by atoms with van der Waals surface area (Å²) in [6, 6.07) is 3.41. The fourth-order valence-corrected chi connectivity index (χ4v) is 1.22. The summed E-state index contributed by atoms with van der Waals surface area (Å²) in [5.41, 5.74) is 7.85. The van der Waals surface area contributed by atoms with Gasteiger partial charge in [-0.05, 0) is 37.1 Å². The molecule has 1 aromatic rings. The molecule has 13 heavy (non-hydrogen) atoms. The molecular weight excluding hydrogens is 166 g/mol. The Kier molecular flexibility index (Phi) is 2.90. The molecule has 3 nitrogen and oxygen atoms in total. The van der Waals surface area contributed by atoms with E-state index in [4.69, 9.17) is 5.73 Å². The molecule has 0 spiro atoms. The third kappa shape index (κ3) is 1.99. The third-order valence-electron chi connectivity index (χ3n) is 2.23. The molecule has 0 bridgehead atoms. The number of hydrogen-bond acceptors (Lipinski definition) is 3. The molecule has 0 aliphatic heterocycles. The smallest absolute Gasteiger partial charge is 0.121 e. The molecule has 0 radical (unpaired) electrons. The van der Waals surface area contributed by atoms with E-state index >= 15 is 0 Å². The minimum atomic E-state index is -0.778. The lowest BCUT2D eigenvalue weighted by atomic mass is 10.0. The zero-order chi connectivity index (χ0) is 10.0. The van der Waals surface area contributed by atoms with Crippen molar-refractivity contribution in [2.24, 2.45) is 5.73 Å². The van der Waals surface area contributed by atoms with Crippen LogP contribution in [0.4, 0.5) is 0 Å². The van der Waals surface area contributed by atoms with E-state index < -0.39 is 6.10 Å². The molecule has 3 heteroatoms. The molecule has 1 atom stereocenters. The van der Waals surface area contributed by atoms with Crippen molar-refractivity contribution >= 4 is 0 Å². The van der Waals surface area contributed by atoms with Crippen molar-refractivity contribution in [1.82, 2.24) is 0 Å². The van der Waals surface area contributed by atoms with Gasteiger partial charge in [-0.3, -0.25) is 0 Å². The monoisotopic (exact) mass is 181 g/mol. The summed E-state index contributed by atoms with van der Waals surface area (Å²) < 4.78 is 0. The molecule has 4 N–H and O–H groups in total. The van der Waals surface area contributed by atoms with E-state index in [0.717, 1.165) is 11.1 Å². The largest absolute Gasteiger partial charge is 0.508 e. The zero-order valence-corrected chi connectivity index (χ0v) is 7.91. The van der Waals surface area contributed by atoms with Gasteiger partial charge in [0.2, 0.25) is 0 Å². The lowest BCUT2D eigenvalue weighted by molar-refractivity contribution is 0.182. The van der Waals surface area contributed by atoms with Crippen LogP contribution in [0.5, 0.6) is 5.75 Å². The number of nitrogens with two attached hydrogens (primary N) is 1. The Morgan fingerprint density at radius 3 is 2.38 bits per heavy atom. The second-order valence-corrected chi connectivity index (χ2v) is 3.25. The van der Waals surface area contributed by atoms with E-state index in [1.165, 1.54) is 0 Å². The summed E-state index contributed by atoms with van der Waals surface area (Å²) in [5, 5.41) is 18.9. The molecule has 0 amide bonds. The molecule has 0 unspecified atom stereocenters. The highest BCUT2D eigenvalue weighted by atomic mass is 16.3. The van der Waals surface area contributed by atoms with Crippen LogP contribution in [-0.4, -0.2) is 16.8 Å². The van der Waals surface area contributed by atoms with Crippen molar-refractivity contribution in [3.05, 3.63) is 28.8 Å². The fourth-order valence-electron chi connectivity index (χ4n) is 1.22. The van der Waals surface area contributed by atoms with E-state index in [-0.39, 0.29) is 12.3 Å². The van der Waals surface area contributed by atoms with Gasteiger partial charge in [0, 0.05) is 12.1 Å². The third-order valence-corrected chi connectivity index (χ3v) is 2.23. The molecule has 0 aliphatic carbocycles. The summed E-state index contributed by atoms with van der Waals surface area (Å²) in [4.78, 5) is 0. The van der Waals surface area contributed by atoms with Crippen LogP contribution in [0.2, 0.25) is 0 Å². The van der Waals surface area contributed by atoms with Crippen LogP contribution < -0.4 is 5.73 Å². The van der Waals surface area contributed by atoms with Crippen LogP contribution in [0.1, 0.15) is 22.8 Å². The lowest BCUT2D eigenvalue weighted by Crippen LogP contribution is -2.12. The Bertz CT molecular complexity index is 310. The Morgan fingerprint density at radius 2 is 1.85 bits per heavy atom. The Balaban J connectivity index is 3.15. The van der Waals surface area contributed by atoms with Crippen molar-refractivity contribution in [2.75, 3.05) is 6.54 Å². The van der Waals surface area contributed by atoms with Crippen molar-refractivity contribution in [3.8, 4) is 5.75 Å². The van der Waals surface area contributed by atoms with Crippen LogP contribution in [0.25, 0.3) is 0 Å². The van der Waals surface area contributed by atoms with E-state index in [2.05, 4.69) is 0 Å². The van der Waals surface area contributed by atoms with E-state index in [9.17, 15) is 10.2 Å². The van der Waals surface area contributed by atoms with Crippen molar-refractivity contribution in [3.63, 3.8) is 0 Å². The maximum absolute atomic E-state index is 9.50. The number of benzene rings is 1. The van der Waals surface area contributed by atoms with E-state index in [1.807, 2.05) is 13.8 Å². The average Bonchev–Trinajstić information content (AvgIpc) is 2.10. The first kappa shape index (κ1) is 10.0. The number of hydrogen-bond donors (Lipinski definition) is 3. The van der Waals surface area contributed by atoms with Crippen molar-refractivity contribution in [1.29, 1.82) is 0 Å². The molecule has 0 saturated heterocycles. The molecule has 0 aromatic heterocycles.